The highest BCUT2D eigenvalue weighted by molar-refractivity contribution is 6.19. The van der Waals surface area contributed by atoms with Crippen LogP contribution in [0, 0.1) is 11.8 Å². The molecule has 0 atom stereocenters. The zero-order valence-corrected chi connectivity index (χ0v) is 9.54. The van der Waals surface area contributed by atoms with Crippen molar-refractivity contribution in [3.05, 3.63) is 23.3 Å². The predicted octanol–water partition coefficient (Wildman–Crippen LogP) is 2.19. The molecule has 0 aliphatic heterocycles. The molecule has 0 saturated carbocycles. The minimum absolute atomic E-state index is 0.0648. The monoisotopic (exact) mass is 238 g/mol. The van der Waals surface area contributed by atoms with E-state index in [4.69, 9.17) is 16.3 Å². The lowest BCUT2D eigenvalue weighted by Crippen LogP contribution is -1.95. The van der Waals surface area contributed by atoms with E-state index in [0.717, 1.165) is 0 Å². The Morgan fingerprint density at radius 2 is 2.31 bits per heavy atom. The fourth-order valence-electron chi connectivity index (χ4n) is 1.19. The topological polar surface area (TPSA) is 46.5 Å². The molecule has 0 aliphatic carbocycles. The van der Waals surface area contributed by atoms with Gasteiger partial charge in [0.05, 0.1) is 18.1 Å². The van der Waals surface area contributed by atoms with Crippen molar-refractivity contribution in [3.8, 4) is 23.3 Å². The Balaban J connectivity index is 3.25. The molecule has 0 amide bonds. The third-order valence-corrected chi connectivity index (χ3v) is 1.96. The number of benzene rings is 1. The van der Waals surface area contributed by atoms with Crippen molar-refractivity contribution < 1.29 is 14.6 Å². The Morgan fingerprint density at radius 3 is 2.88 bits per heavy atom. The molecule has 0 saturated heterocycles. The number of ether oxygens (including phenoxy) is 1. The lowest BCUT2D eigenvalue weighted by atomic mass is 10.1. The van der Waals surface area contributed by atoms with Gasteiger partial charge in [-0.1, -0.05) is 11.8 Å². The first-order chi connectivity index (χ1) is 7.72. The summed E-state index contributed by atoms with van der Waals surface area (Å²) in [6.45, 7) is 2.19. The van der Waals surface area contributed by atoms with Crippen molar-refractivity contribution in [1.82, 2.24) is 0 Å². The molecule has 1 rings (SSSR count). The number of hydrogen-bond acceptors (Lipinski definition) is 3. The summed E-state index contributed by atoms with van der Waals surface area (Å²) in [5.74, 6) is 5.63. The first kappa shape index (κ1) is 12.4. The molecule has 0 bridgehead atoms. The average Bonchev–Trinajstić information content (AvgIpc) is 2.30. The Hall–Kier alpha value is -1.66. The number of rotatable bonds is 3. The van der Waals surface area contributed by atoms with E-state index in [1.807, 2.05) is 0 Å². The van der Waals surface area contributed by atoms with Crippen LogP contribution in [0.4, 0.5) is 0 Å². The SMILES string of the molecule is CCOc1cc(C=O)cc(C#CCCl)c1O. The molecule has 0 heterocycles. The third-order valence-electron chi connectivity index (χ3n) is 1.82. The van der Waals surface area contributed by atoms with Crippen LogP contribution < -0.4 is 4.74 Å². The summed E-state index contributed by atoms with van der Waals surface area (Å²) in [5, 5.41) is 9.78. The van der Waals surface area contributed by atoms with Crippen LogP contribution in [0.5, 0.6) is 11.5 Å². The summed E-state index contributed by atoms with van der Waals surface area (Å²) in [4.78, 5) is 10.7. The molecule has 0 fully saturated rings. The van der Waals surface area contributed by atoms with Gasteiger partial charge in [-0.3, -0.25) is 4.79 Å². The molecule has 4 heteroatoms. The van der Waals surface area contributed by atoms with E-state index in [9.17, 15) is 9.90 Å². The van der Waals surface area contributed by atoms with Crippen LogP contribution in [-0.2, 0) is 0 Å². The molecule has 0 unspecified atom stereocenters. The Bertz CT molecular complexity index is 444. The molecule has 0 aromatic heterocycles. The zero-order valence-electron chi connectivity index (χ0n) is 8.79. The van der Waals surface area contributed by atoms with Gasteiger partial charge in [0.1, 0.15) is 6.29 Å². The van der Waals surface area contributed by atoms with E-state index in [1.54, 1.807) is 6.92 Å². The molecule has 16 heavy (non-hydrogen) atoms. The van der Waals surface area contributed by atoms with Crippen LogP contribution in [0.15, 0.2) is 12.1 Å². The lowest BCUT2D eigenvalue weighted by Gasteiger charge is -2.07. The number of phenolic OH excluding ortho intramolecular Hbond substituents is 1. The van der Waals surface area contributed by atoms with E-state index < -0.39 is 0 Å². The van der Waals surface area contributed by atoms with E-state index >= 15 is 0 Å². The predicted molar refractivity (Wildman–Crippen MR) is 62.3 cm³/mol. The van der Waals surface area contributed by atoms with Gasteiger partial charge in [-0.2, -0.15) is 0 Å². The van der Waals surface area contributed by atoms with Gasteiger partial charge in [-0.25, -0.2) is 0 Å². The van der Waals surface area contributed by atoms with Crippen LogP contribution in [0.2, 0.25) is 0 Å². The first-order valence-electron chi connectivity index (χ1n) is 4.72. The molecule has 84 valence electrons. The summed E-state index contributed by atoms with van der Waals surface area (Å²) in [6, 6.07) is 2.96. The van der Waals surface area contributed by atoms with Gasteiger partial charge in [0.2, 0.25) is 0 Å². The summed E-state index contributed by atoms with van der Waals surface area (Å²) in [6.07, 6.45) is 0.674. The number of aldehydes is 1. The highest BCUT2D eigenvalue weighted by atomic mass is 35.5. The quantitative estimate of drug-likeness (QED) is 0.499. The molecular formula is C12H11ClO3. The van der Waals surface area contributed by atoms with Gasteiger partial charge >= 0.3 is 0 Å². The highest BCUT2D eigenvalue weighted by Crippen LogP contribution is 2.30. The van der Waals surface area contributed by atoms with Gasteiger partial charge < -0.3 is 9.84 Å². The molecule has 1 N–H and O–H groups in total. The van der Waals surface area contributed by atoms with Crippen LogP contribution in [0.25, 0.3) is 0 Å². The fourth-order valence-corrected chi connectivity index (χ4v) is 1.25. The molecular weight excluding hydrogens is 228 g/mol. The Labute approximate surface area is 99.0 Å². The molecule has 1 aromatic carbocycles. The van der Waals surface area contributed by atoms with Gasteiger partial charge in [0.25, 0.3) is 0 Å². The van der Waals surface area contributed by atoms with Gasteiger partial charge in [-0.15, -0.1) is 11.6 Å². The second-order valence-electron chi connectivity index (χ2n) is 2.90. The molecule has 0 spiro atoms. The van der Waals surface area contributed by atoms with Gasteiger partial charge in [0.15, 0.2) is 11.5 Å². The third kappa shape index (κ3) is 2.91. The minimum atomic E-state index is -0.0648. The summed E-state index contributed by atoms with van der Waals surface area (Å²) >= 11 is 5.42. The maximum atomic E-state index is 10.7. The standard InChI is InChI=1S/C12H11ClO3/c1-2-16-11-7-9(8-14)6-10(12(11)15)4-3-5-13/h6-8,15H,2,5H2,1H3. The van der Waals surface area contributed by atoms with Crippen molar-refractivity contribution in [2.75, 3.05) is 12.5 Å². The first-order valence-corrected chi connectivity index (χ1v) is 5.26. The van der Waals surface area contributed by atoms with Gasteiger partial charge in [-0.05, 0) is 19.1 Å². The molecule has 3 nitrogen and oxygen atoms in total. The number of halogens is 1. The number of alkyl halides is 1. The van der Waals surface area contributed by atoms with Crippen molar-refractivity contribution in [1.29, 1.82) is 0 Å². The molecule has 0 aliphatic rings. The second kappa shape index (κ2) is 6.04. The highest BCUT2D eigenvalue weighted by Gasteiger charge is 2.09. The normalized spacial score (nSPS) is 9.12. The van der Waals surface area contributed by atoms with E-state index in [0.29, 0.717) is 24.0 Å². The summed E-state index contributed by atoms with van der Waals surface area (Å²) < 4.78 is 5.19. The van der Waals surface area contributed by atoms with Crippen LogP contribution in [-0.4, -0.2) is 23.9 Å². The van der Waals surface area contributed by atoms with E-state index in [1.165, 1.54) is 12.1 Å². The number of carbonyl (C=O) groups is 1. The van der Waals surface area contributed by atoms with E-state index in [2.05, 4.69) is 11.8 Å². The summed E-state index contributed by atoms with van der Waals surface area (Å²) in [7, 11) is 0. The Kier molecular flexibility index (Phi) is 4.68. The fraction of sp³-hybridized carbons (Fsp3) is 0.250. The largest absolute Gasteiger partial charge is 0.503 e. The number of hydrogen-bond donors (Lipinski definition) is 1. The van der Waals surface area contributed by atoms with Crippen molar-refractivity contribution in [2.24, 2.45) is 0 Å². The molecule has 0 radical (unpaired) electrons. The zero-order chi connectivity index (χ0) is 12.0. The summed E-state index contributed by atoms with van der Waals surface area (Å²) in [5.41, 5.74) is 0.744. The number of phenols is 1. The number of aromatic hydroxyl groups is 1. The lowest BCUT2D eigenvalue weighted by molar-refractivity contribution is 0.112. The second-order valence-corrected chi connectivity index (χ2v) is 3.17. The average molecular weight is 239 g/mol. The van der Waals surface area contributed by atoms with Gasteiger partial charge in [0, 0.05) is 5.56 Å². The maximum Gasteiger partial charge on any atom is 0.173 e. The minimum Gasteiger partial charge on any atom is -0.503 e. The van der Waals surface area contributed by atoms with Crippen molar-refractivity contribution in [3.63, 3.8) is 0 Å². The Morgan fingerprint density at radius 1 is 1.56 bits per heavy atom. The van der Waals surface area contributed by atoms with Crippen LogP contribution in [0.1, 0.15) is 22.8 Å². The van der Waals surface area contributed by atoms with Crippen LogP contribution in [0.3, 0.4) is 0 Å². The smallest absolute Gasteiger partial charge is 0.173 e. The molecule has 1 aromatic rings. The van der Waals surface area contributed by atoms with Crippen LogP contribution >= 0.6 is 11.6 Å². The van der Waals surface area contributed by atoms with Crippen molar-refractivity contribution in [2.45, 2.75) is 6.92 Å². The maximum absolute atomic E-state index is 10.7. The number of carbonyl (C=O) groups excluding carboxylic acids is 1. The van der Waals surface area contributed by atoms with Crippen molar-refractivity contribution >= 4 is 17.9 Å². The van der Waals surface area contributed by atoms with E-state index in [-0.39, 0.29) is 17.4 Å².